The zero-order valence-corrected chi connectivity index (χ0v) is 14.0. The van der Waals surface area contributed by atoms with E-state index in [1.165, 1.54) is 6.20 Å². The highest BCUT2D eigenvalue weighted by Gasteiger charge is 2.22. The fraction of sp³-hybridized carbons (Fsp3) is 0.0588. The van der Waals surface area contributed by atoms with Crippen molar-refractivity contribution in [3.05, 3.63) is 70.5 Å². The number of carbonyl (C=O) groups excluding carboxylic acids is 2. The molecule has 1 heterocycles. The summed E-state index contributed by atoms with van der Waals surface area (Å²) in [6.07, 6.45) is 1.37. The largest absolute Gasteiger partial charge is 0.368 e. The molecule has 1 aromatic heterocycles. The minimum Gasteiger partial charge on any atom is -0.368 e. The number of hydrogen-bond donors (Lipinski definition) is 2. The number of benzene rings is 2. The standard InChI is InChI=1S/C17H13BrN4O2/c18-11-5-3-4-10(8-11)15(16(19)23)22-17(24)14-9-20-12-6-1-2-7-13(12)21-14/h1-9,15H,(H2,19,23)(H,22,24). The van der Waals surface area contributed by atoms with Gasteiger partial charge in [0.15, 0.2) is 0 Å². The van der Waals surface area contributed by atoms with E-state index in [-0.39, 0.29) is 5.69 Å². The van der Waals surface area contributed by atoms with Crippen LogP contribution in [0.15, 0.2) is 59.2 Å². The number of para-hydroxylation sites is 2. The van der Waals surface area contributed by atoms with Gasteiger partial charge in [-0.05, 0) is 29.8 Å². The van der Waals surface area contributed by atoms with E-state index in [4.69, 9.17) is 5.73 Å². The van der Waals surface area contributed by atoms with Crippen LogP contribution in [0.3, 0.4) is 0 Å². The summed E-state index contributed by atoms with van der Waals surface area (Å²) < 4.78 is 0.783. The van der Waals surface area contributed by atoms with E-state index in [0.717, 1.165) is 4.47 Å². The van der Waals surface area contributed by atoms with Crippen LogP contribution in [0.4, 0.5) is 0 Å². The highest BCUT2D eigenvalue weighted by Crippen LogP contribution is 2.19. The number of nitrogens with zero attached hydrogens (tertiary/aromatic N) is 2. The van der Waals surface area contributed by atoms with Crippen LogP contribution in [-0.2, 0) is 4.79 Å². The Hall–Kier alpha value is -2.80. The Kier molecular flexibility index (Phi) is 4.52. The van der Waals surface area contributed by atoms with E-state index in [2.05, 4.69) is 31.2 Å². The number of fused-ring (bicyclic) bond motifs is 1. The van der Waals surface area contributed by atoms with Gasteiger partial charge < -0.3 is 11.1 Å². The van der Waals surface area contributed by atoms with E-state index in [1.807, 2.05) is 18.2 Å². The number of aromatic nitrogens is 2. The average molecular weight is 385 g/mol. The lowest BCUT2D eigenvalue weighted by Gasteiger charge is -2.16. The van der Waals surface area contributed by atoms with Crippen molar-refractivity contribution in [1.82, 2.24) is 15.3 Å². The van der Waals surface area contributed by atoms with Crippen LogP contribution in [0.5, 0.6) is 0 Å². The molecule has 0 aliphatic rings. The van der Waals surface area contributed by atoms with Gasteiger partial charge in [0.05, 0.1) is 17.2 Å². The maximum absolute atomic E-state index is 12.4. The lowest BCUT2D eigenvalue weighted by Crippen LogP contribution is -2.37. The number of amides is 2. The summed E-state index contributed by atoms with van der Waals surface area (Å²) in [6.45, 7) is 0. The Bertz CT molecular complexity index is 929. The van der Waals surface area contributed by atoms with E-state index in [9.17, 15) is 9.59 Å². The van der Waals surface area contributed by atoms with Crippen molar-refractivity contribution in [3.63, 3.8) is 0 Å². The molecule has 0 radical (unpaired) electrons. The summed E-state index contributed by atoms with van der Waals surface area (Å²) in [4.78, 5) is 32.6. The SMILES string of the molecule is NC(=O)C(NC(=O)c1cnc2ccccc2n1)c1cccc(Br)c1. The van der Waals surface area contributed by atoms with Crippen molar-refractivity contribution in [2.24, 2.45) is 5.73 Å². The Morgan fingerprint density at radius 3 is 2.54 bits per heavy atom. The molecule has 2 aromatic carbocycles. The quantitative estimate of drug-likeness (QED) is 0.720. The molecule has 0 aliphatic heterocycles. The van der Waals surface area contributed by atoms with Gasteiger partial charge in [-0.25, -0.2) is 4.98 Å². The van der Waals surface area contributed by atoms with Gasteiger partial charge in [-0.3, -0.25) is 14.6 Å². The Morgan fingerprint density at radius 1 is 1.08 bits per heavy atom. The van der Waals surface area contributed by atoms with Crippen molar-refractivity contribution < 1.29 is 9.59 Å². The molecule has 1 unspecified atom stereocenters. The van der Waals surface area contributed by atoms with E-state index in [0.29, 0.717) is 16.6 Å². The molecule has 3 aromatic rings. The van der Waals surface area contributed by atoms with E-state index in [1.54, 1.807) is 30.3 Å². The molecule has 0 saturated heterocycles. The van der Waals surface area contributed by atoms with Crippen LogP contribution >= 0.6 is 15.9 Å². The van der Waals surface area contributed by atoms with Crippen molar-refractivity contribution in [3.8, 4) is 0 Å². The van der Waals surface area contributed by atoms with Gasteiger partial charge in [0.25, 0.3) is 5.91 Å². The first-order valence-corrected chi connectivity index (χ1v) is 7.91. The lowest BCUT2D eigenvalue weighted by molar-refractivity contribution is -0.120. The van der Waals surface area contributed by atoms with Crippen molar-refractivity contribution in [2.45, 2.75) is 6.04 Å². The molecule has 0 spiro atoms. The molecule has 3 rings (SSSR count). The highest BCUT2D eigenvalue weighted by atomic mass is 79.9. The molecular weight excluding hydrogens is 372 g/mol. The highest BCUT2D eigenvalue weighted by molar-refractivity contribution is 9.10. The maximum atomic E-state index is 12.4. The van der Waals surface area contributed by atoms with Gasteiger partial charge in [-0.15, -0.1) is 0 Å². The molecule has 2 amide bonds. The lowest BCUT2D eigenvalue weighted by atomic mass is 10.1. The third-order valence-corrected chi connectivity index (χ3v) is 3.92. The van der Waals surface area contributed by atoms with Gasteiger partial charge in [-0.2, -0.15) is 0 Å². The van der Waals surface area contributed by atoms with Crippen LogP contribution in [0.25, 0.3) is 11.0 Å². The summed E-state index contributed by atoms with van der Waals surface area (Å²) in [7, 11) is 0. The molecule has 6 nitrogen and oxygen atoms in total. The fourth-order valence-corrected chi connectivity index (χ4v) is 2.69. The summed E-state index contributed by atoms with van der Waals surface area (Å²) in [5, 5.41) is 2.60. The van der Waals surface area contributed by atoms with Gasteiger partial charge in [0.2, 0.25) is 5.91 Å². The maximum Gasteiger partial charge on any atom is 0.272 e. The number of primary amides is 1. The topological polar surface area (TPSA) is 98.0 Å². The summed E-state index contributed by atoms with van der Waals surface area (Å²) in [6, 6.07) is 13.3. The molecule has 1 atom stereocenters. The molecule has 0 fully saturated rings. The van der Waals surface area contributed by atoms with Crippen molar-refractivity contribution in [2.75, 3.05) is 0 Å². The third kappa shape index (κ3) is 3.41. The number of rotatable bonds is 4. The number of nitrogens with two attached hydrogens (primary N) is 1. The molecule has 3 N–H and O–H groups in total. The second kappa shape index (κ2) is 6.76. The molecule has 0 aliphatic carbocycles. The molecule has 0 bridgehead atoms. The van der Waals surface area contributed by atoms with Crippen molar-refractivity contribution in [1.29, 1.82) is 0 Å². The second-order valence-electron chi connectivity index (χ2n) is 5.11. The van der Waals surface area contributed by atoms with E-state index >= 15 is 0 Å². The summed E-state index contributed by atoms with van der Waals surface area (Å²) in [5.74, 6) is -1.17. The normalized spacial score (nSPS) is 11.9. The summed E-state index contributed by atoms with van der Waals surface area (Å²) in [5.41, 5.74) is 7.42. The third-order valence-electron chi connectivity index (χ3n) is 3.42. The zero-order chi connectivity index (χ0) is 17.1. The first kappa shape index (κ1) is 16.1. The van der Waals surface area contributed by atoms with Gasteiger partial charge in [0.1, 0.15) is 11.7 Å². The van der Waals surface area contributed by atoms with Crippen LogP contribution < -0.4 is 11.1 Å². The van der Waals surface area contributed by atoms with Crippen LogP contribution in [0, 0.1) is 0 Å². The predicted octanol–water partition coefficient (Wildman–Crippen LogP) is 2.35. The number of halogens is 1. The minimum atomic E-state index is -0.955. The Morgan fingerprint density at radius 2 is 1.83 bits per heavy atom. The van der Waals surface area contributed by atoms with Crippen LogP contribution in [0.1, 0.15) is 22.1 Å². The molecule has 24 heavy (non-hydrogen) atoms. The fourth-order valence-electron chi connectivity index (χ4n) is 2.28. The monoisotopic (exact) mass is 384 g/mol. The average Bonchev–Trinajstić information content (AvgIpc) is 2.58. The number of carbonyl (C=O) groups is 2. The number of nitrogens with one attached hydrogen (secondary N) is 1. The minimum absolute atomic E-state index is 0.120. The van der Waals surface area contributed by atoms with Gasteiger partial charge in [0, 0.05) is 4.47 Å². The molecule has 7 heteroatoms. The van der Waals surface area contributed by atoms with Crippen molar-refractivity contribution >= 4 is 38.8 Å². The molecular formula is C17H13BrN4O2. The Labute approximate surface area is 146 Å². The first-order chi connectivity index (χ1) is 11.5. The zero-order valence-electron chi connectivity index (χ0n) is 12.4. The second-order valence-corrected chi connectivity index (χ2v) is 6.02. The van der Waals surface area contributed by atoms with Crippen LogP contribution in [0.2, 0.25) is 0 Å². The first-order valence-electron chi connectivity index (χ1n) is 7.12. The molecule has 0 saturated carbocycles. The Balaban J connectivity index is 1.88. The predicted molar refractivity (Wildman–Crippen MR) is 93.1 cm³/mol. The smallest absolute Gasteiger partial charge is 0.272 e. The van der Waals surface area contributed by atoms with Gasteiger partial charge in [-0.1, -0.05) is 40.2 Å². The molecule has 120 valence electrons. The summed E-state index contributed by atoms with van der Waals surface area (Å²) >= 11 is 3.33. The number of hydrogen-bond acceptors (Lipinski definition) is 4. The van der Waals surface area contributed by atoms with E-state index < -0.39 is 17.9 Å². The van der Waals surface area contributed by atoms with Crippen LogP contribution in [-0.4, -0.2) is 21.8 Å². The van der Waals surface area contributed by atoms with Gasteiger partial charge >= 0.3 is 0 Å².